The van der Waals surface area contributed by atoms with Crippen molar-refractivity contribution < 1.29 is 18.7 Å². The number of esters is 1. The monoisotopic (exact) mass is 305 g/mol. The van der Waals surface area contributed by atoms with Crippen molar-refractivity contribution in [3.8, 4) is 0 Å². The quantitative estimate of drug-likeness (QED) is 0.475. The second kappa shape index (κ2) is 8.12. The minimum Gasteiger partial charge on any atom is -0.465 e. The Labute approximate surface area is 129 Å². The molecule has 1 amide bonds. The number of ether oxygens (including phenoxy) is 1. The fourth-order valence-corrected chi connectivity index (χ4v) is 2.03. The molecule has 0 heterocycles. The van der Waals surface area contributed by atoms with Gasteiger partial charge in [0.2, 0.25) is 0 Å². The molecule has 1 aromatic rings. The van der Waals surface area contributed by atoms with Crippen molar-refractivity contribution in [3.05, 3.63) is 59.1 Å². The van der Waals surface area contributed by atoms with E-state index in [4.69, 9.17) is 0 Å². The van der Waals surface area contributed by atoms with E-state index in [0.29, 0.717) is 5.56 Å². The first kappa shape index (κ1) is 17.6. The average molecular weight is 305 g/mol. The third-order valence-corrected chi connectivity index (χ3v) is 3.24. The summed E-state index contributed by atoms with van der Waals surface area (Å²) in [5.41, 5.74) is 0.339. The number of halogens is 1. The van der Waals surface area contributed by atoms with E-state index in [0.717, 1.165) is 0 Å². The topological polar surface area (TPSA) is 46.6 Å². The average Bonchev–Trinajstić information content (AvgIpc) is 2.56. The van der Waals surface area contributed by atoms with Crippen LogP contribution in [-0.2, 0) is 9.53 Å². The van der Waals surface area contributed by atoms with Gasteiger partial charge >= 0.3 is 5.97 Å². The van der Waals surface area contributed by atoms with Crippen LogP contribution in [0.1, 0.15) is 31.1 Å². The molecule has 0 fully saturated rings. The van der Waals surface area contributed by atoms with Crippen LogP contribution in [0.4, 0.5) is 4.39 Å². The van der Waals surface area contributed by atoms with Crippen LogP contribution in [0.25, 0.3) is 0 Å². The highest BCUT2D eigenvalue weighted by molar-refractivity contribution is 5.96. The van der Waals surface area contributed by atoms with Gasteiger partial charge in [-0.3, -0.25) is 4.79 Å². The van der Waals surface area contributed by atoms with Crippen molar-refractivity contribution in [1.29, 1.82) is 0 Å². The Morgan fingerprint density at radius 2 is 1.86 bits per heavy atom. The van der Waals surface area contributed by atoms with Gasteiger partial charge in [-0.1, -0.05) is 24.3 Å². The summed E-state index contributed by atoms with van der Waals surface area (Å²) in [6, 6.07) is 8.59. The first-order valence-corrected chi connectivity index (χ1v) is 6.96. The Morgan fingerprint density at radius 1 is 1.27 bits per heavy atom. The Hall–Kier alpha value is -2.43. The lowest BCUT2D eigenvalue weighted by Gasteiger charge is -2.22. The zero-order valence-electron chi connectivity index (χ0n) is 13.2. The van der Waals surface area contributed by atoms with E-state index < -0.39 is 11.8 Å². The number of rotatable bonds is 5. The minimum atomic E-state index is -0.775. The molecule has 0 aliphatic carbocycles. The van der Waals surface area contributed by atoms with Gasteiger partial charge in [0.15, 0.2) is 5.83 Å². The Kier molecular flexibility index (Phi) is 6.50. The number of allylic oxidation sites excluding steroid dienone is 2. The molecule has 4 nitrogen and oxygen atoms in total. The normalized spacial score (nSPS) is 12.5. The van der Waals surface area contributed by atoms with Crippen LogP contribution >= 0.6 is 0 Å². The van der Waals surface area contributed by atoms with E-state index in [-0.39, 0.29) is 23.7 Å². The molecule has 0 radical (unpaired) electrons. The van der Waals surface area contributed by atoms with Gasteiger partial charge in [0.05, 0.1) is 18.4 Å². The minimum absolute atomic E-state index is 0.0786. The lowest BCUT2D eigenvalue weighted by atomic mass is 10.1. The first-order valence-electron chi connectivity index (χ1n) is 6.96. The van der Waals surface area contributed by atoms with E-state index in [9.17, 15) is 14.0 Å². The van der Waals surface area contributed by atoms with Gasteiger partial charge in [0.25, 0.3) is 5.91 Å². The van der Waals surface area contributed by atoms with Crippen LogP contribution in [-0.4, -0.2) is 30.4 Å². The van der Waals surface area contributed by atoms with Crippen LogP contribution < -0.4 is 0 Å². The summed E-state index contributed by atoms with van der Waals surface area (Å²) < 4.78 is 19.1. The molecule has 118 valence electrons. The number of nitrogens with zero attached hydrogens (tertiary/aromatic N) is 1. The SMILES string of the molecule is C/C=C(C(=O)OC)\C(F)=C(/C)N(CC)C(=O)c1ccccc1. The second-order valence-electron chi connectivity index (χ2n) is 4.51. The molecule has 0 unspecified atom stereocenters. The van der Waals surface area contributed by atoms with E-state index >= 15 is 0 Å². The molecule has 0 N–H and O–H groups in total. The van der Waals surface area contributed by atoms with E-state index in [1.165, 1.54) is 31.9 Å². The van der Waals surface area contributed by atoms with Crippen molar-refractivity contribution in [2.24, 2.45) is 0 Å². The summed E-state index contributed by atoms with van der Waals surface area (Å²) in [5, 5.41) is 0. The van der Waals surface area contributed by atoms with Gasteiger partial charge in [-0.15, -0.1) is 0 Å². The molecule has 0 atom stereocenters. The predicted octanol–water partition coefficient (Wildman–Crippen LogP) is 3.47. The molecule has 0 spiro atoms. The molecular formula is C17H20FNO3. The zero-order chi connectivity index (χ0) is 16.7. The summed E-state index contributed by atoms with van der Waals surface area (Å²) in [4.78, 5) is 25.3. The number of carbonyl (C=O) groups excluding carboxylic acids is 2. The smallest absolute Gasteiger partial charge is 0.340 e. The maximum Gasteiger partial charge on any atom is 0.340 e. The summed E-state index contributed by atoms with van der Waals surface area (Å²) in [6.45, 7) is 5.02. The summed E-state index contributed by atoms with van der Waals surface area (Å²) in [5.74, 6) is -1.86. The fourth-order valence-electron chi connectivity index (χ4n) is 2.03. The molecule has 22 heavy (non-hydrogen) atoms. The number of hydrogen-bond donors (Lipinski definition) is 0. The van der Waals surface area contributed by atoms with Crippen molar-refractivity contribution in [2.75, 3.05) is 13.7 Å². The number of amides is 1. The molecule has 0 aromatic heterocycles. The van der Waals surface area contributed by atoms with Gasteiger partial charge in [0.1, 0.15) is 0 Å². The molecule has 1 rings (SSSR count). The van der Waals surface area contributed by atoms with E-state index in [1.807, 2.05) is 0 Å². The third-order valence-electron chi connectivity index (χ3n) is 3.24. The Balaban J connectivity index is 3.20. The molecule has 0 aliphatic heterocycles. The first-order chi connectivity index (χ1) is 10.5. The van der Waals surface area contributed by atoms with Gasteiger partial charge in [-0.05, 0) is 32.9 Å². The number of hydrogen-bond acceptors (Lipinski definition) is 3. The molecule has 0 aliphatic rings. The number of carbonyl (C=O) groups is 2. The highest BCUT2D eigenvalue weighted by atomic mass is 19.1. The van der Waals surface area contributed by atoms with Gasteiger partial charge in [0, 0.05) is 12.1 Å². The predicted molar refractivity (Wildman–Crippen MR) is 82.7 cm³/mol. The van der Waals surface area contributed by atoms with Crippen molar-refractivity contribution in [3.63, 3.8) is 0 Å². The molecule has 0 bridgehead atoms. The second-order valence-corrected chi connectivity index (χ2v) is 4.51. The lowest BCUT2D eigenvalue weighted by Crippen LogP contribution is -2.30. The Bertz CT molecular complexity index is 606. The lowest BCUT2D eigenvalue weighted by molar-refractivity contribution is -0.136. The standard InChI is InChI=1S/C17H20FNO3/c1-5-14(17(21)22-4)15(18)12(3)19(6-2)16(20)13-10-8-7-9-11-13/h5,7-11H,6H2,1-4H3/b14-5+,15-12-. The summed E-state index contributed by atoms with van der Waals surface area (Å²) in [7, 11) is 1.18. The molecule has 5 heteroatoms. The molecule has 0 saturated carbocycles. The largest absolute Gasteiger partial charge is 0.465 e. The maximum absolute atomic E-state index is 14.5. The van der Waals surface area contributed by atoms with Crippen molar-refractivity contribution in [2.45, 2.75) is 20.8 Å². The van der Waals surface area contributed by atoms with Gasteiger partial charge in [-0.2, -0.15) is 0 Å². The van der Waals surface area contributed by atoms with Gasteiger partial charge < -0.3 is 9.64 Å². The van der Waals surface area contributed by atoms with Crippen LogP contribution in [0.2, 0.25) is 0 Å². The van der Waals surface area contributed by atoms with Crippen LogP contribution in [0.5, 0.6) is 0 Å². The fraction of sp³-hybridized carbons (Fsp3) is 0.294. The van der Waals surface area contributed by atoms with Crippen LogP contribution in [0.3, 0.4) is 0 Å². The van der Waals surface area contributed by atoms with Crippen LogP contribution in [0.15, 0.2) is 53.5 Å². The highest BCUT2D eigenvalue weighted by Crippen LogP contribution is 2.22. The third kappa shape index (κ3) is 3.81. The maximum atomic E-state index is 14.5. The summed E-state index contributed by atoms with van der Waals surface area (Å²) in [6.07, 6.45) is 1.32. The van der Waals surface area contributed by atoms with Gasteiger partial charge in [-0.25, -0.2) is 9.18 Å². The highest BCUT2D eigenvalue weighted by Gasteiger charge is 2.23. The van der Waals surface area contributed by atoms with Crippen LogP contribution in [0, 0.1) is 0 Å². The zero-order valence-corrected chi connectivity index (χ0v) is 13.2. The molecule has 1 aromatic carbocycles. The van der Waals surface area contributed by atoms with Crippen molar-refractivity contribution >= 4 is 11.9 Å². The number of benzene rings is 1. The Morgan fingerprint density at radius 3 is 2.32 bits per heavy atom. The van der Waals surface area contributed by atoms with E-state index in [2.05, 4.69) is 4.74 Å². The van der Waals surface area contributed by atoms with E-state index in [1.54, 1.807) is 37.3 Å². The molecule has 0 saturated heterocycles. The summed E-state index contributed by atoms with van der Waals surface area (Å²) >= 11 is 0. The number of methoxy groups -OCH3 is 1. The molecular weight excluding hydrogens is 285 g/mol. The van der Waals surface area contributed by atoms with Crippen molar-refractivity contribution in [1.82, 2.24) is 4.90 Å².